The predicted molar refractivity (Wildman–Crippen MR) is 84.1 cm³/mol. The zero-order valence-electron chi connectivity index (χ0n) is 11.9. The van der Waals surface area contributed by atoms with Gasteiger partial charge in [-0.15, -0.1) is 0 Å². The van der Waals surface area contributed by atoms with Gasteiger partial charge in [-0.1, -0.05) is 13.0 Å². The molecule has 4 nitrogen and oxygen atoms in total. The van der Waals surface area contributed by atoms with Crippen molar-refractivity contribution in [2.45, 2.75) is 43.7 Å². The highest BCUT2D eigenvalue weighted by atomic mass is 79.9. The van der Waals surface area contributed by atoms with E-state index in [-0.39, 0.29) is 6.04 Å². The van der Waals surface area contributed by atoms with Gasteiger partial charge in [0, 0.05) is 24.1 Å². The molecule has 0 aromatic heterocycles. The fourth-order valence-corrected chi connectivity index (χ4v) is 4.56. The first-order chi connectivity index (χ1) is 9.46. The molecule has 0 spiro atoms. The van der Waals surface area contributed by atoms with Crippen molar-refractivity contribution < 1.29 is 8.42 Å². The molecule has 1 N–H and O–H groups in total. The Morgan fingerprint density at radius 3 is 2.65 bits per heavy atom. The van der Waals surface area contributed by atoms with E-state index in [1.54, 1.807) is 13.1 Å². The topological polar surface area (TPSA) is 49.4 Å². The summed E-state index contributed by atoms with van der Waals surface area (Å²) in [5, 5.41) is 3.31. The van der Waals surface area contributed by atoms with Crippen molar-refractivity contribution >= 4 is 26.0 Å². The lowest BCUT2D eigenvalue weighted by molar-refractivity contribution is 0.464. The number of halogens is 1. The Labute approximate surface area is 129 Å². The summed E-state index contributed by atoms with van der Waals surface area (Å²) in [6, 6.07) is 5.64. The van der Waals surface area contributed by atoms with Crippen LogP contribution in [0.25, 0.3) is 0 Å². The van der Waals surface area contributed by atoms with Crippen molar-refractivity contribution in [3.05, 3.63) is 28.2 Å². The quantitative estimate of drug-likeness (QED) is 0.760. The van der Waals surface area contributed by atoms with Gasteiger partial charge in [-0.2, -0.15) is 4.31 Å². The van der Waals surface area contributed by atoms with Crippen LogP contribution in [0.2, 0.25) is 0 Å². The number of benzene rings is 1. The fourth-order valence-electron chi connectivity index (χ4n) is 2.06. The van der Waals surface area contributed by atoms with Crippen LogP contribution in [-0.2, 0) is 16.6 Å². The monoisotopic (exact) mass is 360 g/mol. The molecule has 0 radical (unpaired) electrons. The SMILES string of the molecule is CCCNCc1ccc(S(=O)(=O)N(C)C2CC2)c(Br)c1. The maximum absolute atomic E-state index is 12.5. The maximum atomic E-state index is 12.5. The van der Waals surface area contributed by atoms with E-state index in [2.05, 4.69) is 28.2 Å². The van der Waals surface area contributed by atoms with E-state index in [1.165, 1.54) is 4.31 Å². The van der Waals surface area contributed by atoms with Crippen molar-refractivity contribution in [1.82, 2.24) is 9.62 Å². The van der Waals surface area contributed by atoms with Gasteiger partial charge in [-0.25, -0.2) is 8.42 Å². The normalized spacial score (nSPS) is 15.8. The lowest BCUT2D eigenvalue weighted by Gasteiger charge is -2.17. The highest BCUT2D eigenvalue weighted by Gasteiger charge is 2.35. The van der Waals surface area contributed by atoms with Gasteiger partial charge in [0.25, 0.3) is 0 Å². The smallest absolute Gasteiger partial charge is 0.244 e. The van der Waals surface area contributed by atoms with E-state index in [1.807, 2.05) is 12.1 Å². The van der Waals surface area contributed by atoms with Crippen molar-refractivity contribution in [3.8, 4) is 0 Å². The van der Waals surface area contributed by atoms with Gasteiger partial charge < -0.3 is 5.32 Å². The van der Waals surface area contributed by atoms with Gasteiger partial charge in [0.05, 0.1) is 4.90 Å². The van der Waals surface area contributed by atoms with Gasteiger partial charge in [0.2, 0.25) is 10.0 Å². The van der Waals surface area contributed by atoms with Gasteiger partial charge in [-0.05, 0) is 59.4 Å². The zero-order chi connectivity index (χ0) is 14.8. The number of nitrogens with zero attached hydrogens (tertiary/aromatic N) is 1. The van der Waals surface area contributed by atoms with E-state index in [4.69, 9.17) is 0 Å². The summed E-state index contributed by atoms with van der Waals surface area (Å²) < 4.78 is 27.1. The van der Waals surface area contributed by atoms with Crippen LogP contribution in [0.4, 0.5) is 0 Å². The lowest BCUT2D eigenvalue weighted by Crippen LogP contribution is -2.29. The molecule has 1 saturated carbocycles. The third-order valence-corrected chi connectivity index (χ3v) is 6.36. The van der Waals surface area contributed by atoms with E-state index in [9.17, 15) is 8.42 Å². The molecule has 1 aliphatic carbocycles. The molecule has 0 amide bonds. The molecule has 20 heavy (non-hydrogen) atoms. The minimum absolute atomic E-state index is 0.179. The number of rotatable bonds is 7. The Bertz CT molecular complexity index is 571. The summed E-state index contributed by atoms with van der Waals surface area (Å²) in [7, 11) is -1.72. The Kier molecular flexibility index (Phi) is 5.23. The number of hydrogen-bond acceptors (Lipinski definition) is 3. The average molecular weight is 361 g/mol. The largest absolute Gasteiger partial charge is 0.313 e. The Balaban J connectivity index is 2.16. The van der Waals surface area contributed by atoms with Crippen LogP contribution in [0.5, 0.6) is 0 Å². The molecule has 1 aromatic carbocycles. The van der Waals surface area contributed by atoms with Crippen LogP contribution < -0.4 is 5.32 Å². The molecule has 1 fully saturated rings. The third-order valence-electron chi connectivity index (χ3n) is 3.47. The second-order valence-corrected chi connectivity index (χ2v) is 8.01. The maximum Gasteiger partial charge on any atom is 0.244 e. The van der Waals surface area contributed by atoms with Gasteiger partial charge in [0.15, 0.2) is 0 Å². The lowest BCUT2D eigenvalue weighted by atomic mass is 10.2. The highest BCUT2D eigenvalue weighted by molar-refractivity contribution is 9.10. The zero-order valence-corrected chi connectivity index (χ0v) is 14.3. The summed E-state index contributed by atoms with van der Waals surface area (Å²) in [6.45, 7) is 3.83. The first kappa shape index (κ1) is 15.9. The summed E-state index contributed by atoms with van der Waals surface area (Å²) in [5.74, 6) is 0. The van der Waals surface area contributed by atoms with Crippen molar-refractivity contribution in [2.24, 2.45) is 0 Å². The van der Waals surface area contributed by atoms with E-state index < -0.39 is 10.0 Å². The van der Waals surface area contributed by atoms with Crippen LogP contribution in [0, 0.1) is 0 Å². The molecule has 1 aliphatic rings. The van der Waals surface area contributed by atoms with Gasteiger partial charge >= 0.3 is 0 Å². The Hall–Kier alpha value is -0.430. The molecule has 112 valence electrons. The average Bonchev–Trinajstić information content (AvgIpc) is 3.22. The first-order valence-corrected chi connectivity index (χ1v) is 9.17. The van der Waals surface area contributed by atoms with E-state index >= 15 is 0 Å². The molecule has 0 heterocycles. The van der Waals surface area contributed by atoms with Crippen LogP contribution in [0.15, 0.2) is 27.6 Å². The molecule has 0 bridgehead atoms. The molecule has 1 aromatic rings. The molecular formula is C14H21BrN2O2S. The third kappa shape index (κ3) is 3.61. The number of sulfonamides is 1. The molecule has 2 rings (SSSR count). The second kappa shape index (κ2) is 6.56. The summed E-state index contributed by atoms with van der Waals surface area (Å²) >= 11 is 3.40. The van der Waals surface area contributed by atoms with Crippen molar-refractivity contribution in [3.63, 3.8) is 0 Å². The predicted octanol–water partition coefficient (Wildman–Crippen LogP) is 2.73. The Morgan fingerprint density at radius 1 is 1.40 bits per heavy atom. The number of hydrogen-bond donors (Lipinski definition) is 1. The summed E-state index contributed by atoms with van der Waals surface area (Å²) in [4.78, 5) is 0.353. The molecule has 6 heteroatoms. The highest BCUT2D eigenvalue weighted by Crippen LogP contribution is 2.33. The minimum atomic E-state index is -3.38. The van der Waals surface area contributed by atoms with E-state index in [0.717, 1.165) is 37.9 Å². The summed E-state index contributed by atoms with van der Waals surface area (Å²) in [6.07, 6.45) is 3.01. The summed E-state index contributed by atoms with van der Waals surface area (Å²) in [5.41, 5.74) is 1.08. The molecule has 0 unspecified atom stereocenters. The molecule has 0 aliphatic heterocycles. The first-order valence-electron chi connectivity index (χ1n) is 6.94. The second-order valence-electron chi connectivity index (χ2n) is 5.19. The number of nitrogens with one attached hydrogen (secondary N) is 1. The molecular weight excluding hydrogens is 340 g/mol. The van der Waals surface area contributed by atoms with Crippen molar-refractivity contribution in [1.29, 1.82) is 0 Å². The Morgan fingerprint density at radius 2 is 2.10 bits per heavy atom. The van der Waals surface area contributed by atoms with Crippen LogP contribution >= 0.6 is 15.9 Å². The van der Waals surface area contributed by atoms with Gasteiger partial charge in [-0.3, -0.25) is 0 Å². The van der Waals surface area contributed by atoms with Crippen LogP contribution in [-0.4, -0.2) is 32.4 Å². The van der Waals surface area contributed by atoms with E-state index in [0.29, 0.717) is 9.37 Å². The van der Waals surface area contributed by atoms with Crippen LogP contribution in [0.1, 0.15) is 31.7 Å². The van der Waals surface area contributed by atoms with Gasteiger partial charge in [0.1, 0.15) is 0 Å². The molecule has 0 atom stereocenters. The fraction of sp³-hybridized carbons (Fsp3) is 0.571. The molecule has 0 saturated heterocycles. The minimum Gasteiger partial charge on any atom is -0.313 e. The van der Waals surface area contributed by atoms with Crippen molar-refractivity contribution in [2.75, 3.05) is 13.6 Å². The van der Waals surface area contributed by atoms with Crippen LogP contribution in [0.3, 0.4) is 0 Å². The standard InChI is InChI=1S/C14H21BrN2O2S/c1-3-8-16-10-11-4-7-14(13(15)9-11)20(18,19)17(2)12-5-6-12/h4,7,9,12,16H,3,5-6,8,10H2,1-2H3.